The first-order valence-corrected chi connectivity index (χ1v) is 12.4. The molecule has 5 nitrogen and oxygen atoms in total. The number of carbonyl (C=O) groups is 1. The second kappa shape index (κ2) is 7.76. The summed E-state index contributed by atoms with van der Waals surface area (Å²) in [6.07, 6.45) is 0. The van der Waals surface area contributed by atoms with Crippen molar-refractivity contribution in [3.8, 4) is 17.2 Å². The first kappa shape index (κ1) is 24.2. The maximum atomic E-state index is 14.2. The van der Waals surface area contributed by atoms with E-state index in [9.17, 15) is 9.90 Å². The number of para-hydroxylation sites is 1. The van der Waals surface area contributed by atoms with E-state index in [1.807, 2.05) is 42.5 Å². The summed E-state index contributed by atoms with van der Waals surface area (Å²) in [6.45, 7) is 12.6. The molecule has 0 saturated carbocycles. The summed E-state index contributed by atoms with van der Waals surface area (Å²) < 4.78 is 12.3. The zero-order valence-corrected chi connectivity index (χ0v) is 22.4. The number of benzene rings is 3. The Balaban J connectivity index is 1.87. The van der Waals surface area contributed by atoms with Gasteiger partial charge < -0.3 is 19.5 Å². The van der Waals surface area contributed by atoms with Gasteiger partial charge in [0.05, 0.1) is 18.7 Å². The number of carbonyl (C=O) groups excluding carboxylic acids is 1. The van der Waals surface area contributed by atoms with Crippen LogP contribution in [0.5, 0.6) is 17.2 Å². The Labute approximate surface area is 213 Å². The Morgan fingerprint density at radius 1 is 0.944 bits per heavy atom. The first-order chi connectivity index (χ1) is 16.8. The number of hydrogen-bond acceptors (Lipinski definition) is 4. The van der Waals surface area contributed by atoms with Crippen LogP contribution in [0.2, 0.25) is 0 Å². The molecule has 0 radical (unpaired) electrons. The van der Waals surface area contributed by atoms with E-state index in [0.717, 1.165) is 33.5 Å². The van der Waals surface area contributed by atoms with Crippen LogP contribution in [0.25, 0.3) is 0 Å². The van der Waals surface area contributed by atoms with Gasteiger partial charge in [0.15, 0.2) is 0 Å². The normalized spacial score (nSPS) is 20.9. The van der Waals surface area contributed by atoms with E-state index in [2.05, 4.69) is 53.7 Å². The fraction of sp³-hybridized carbons (Fsp3) is 0.387. The number of methoxy groups -OCH3 is 1. The zero-order chi connectivity index (χ0) is 26.2. The molecule has 5 rings (SSSR count). The van der Waals surface area contributed by atoms with E-state index in [-0.39, 0.29) is 16.7 Å². The Morgan fingerprint density at radius 2 is 1.56 bits per heavy atom. The minimum Gasteiger partial charge on any atom is -0.507 e. The highest BCUT2D eigenvalue weighted by molar-refractivity contribution is 6.08. The number of nitrogens with zero attached hydrogens (tertiary/aromatic N) is 1. The molecular formula is C31H35NO4. The lowest BCUT2D eigenvalue weighted by molar-refractivity contribution is -0.132. The molecular weight excluding hydrogens is 450 g/mol. The molecule has 5 heteroatoms. The number of amides is 1. The number of phenols is 1. The number of rotatable bonds is 2. The van der Waals surface area contributed by atoms with Gasteiger partial charge in [-0.2, -0.15) is 0 Å². The van der Waals surface area contributed by atoms with Gasteiger partial charge in [0, 0.05) is 18.2 Å². The van der Waals surface area contributed by atoms with Crippen molar-refractivity contribution < 1.29 is 19.4 Å². The SMILES string of the molecule is COc1ccc2c(c1)[C@@]1(Oc3ccccc3[C@H]1c1cc(C(C)(C)C)c(O)c(C(C)(C)C)c1)C(=O)N2C. The van der Waals surface area contributed by atoms with Gasteiger partial charge in [-0.05, 0) is 51.8 Å². The summed E-state index contributed by atoms with van der Waals surface area (Å²) in [5, 5.41) is 11.4. The number of phenolic OH excluding ortho intramolecular Hbond substituents is 1. The molecule has 0 bridgehead atoms. The van der Waals surface area contributed by atoms with Gasteiger partial charge in [0.1, 0.15) is 17.2 Å². The average Bonchev–Trinajstić information content (AvgIpc) is 3.26. The van der Waals surface area contributed by atoms with Gasteiger partial charge in [-0.1, -0.05) is 71.9 Å². The van der Waals surface area contributed by atoms with Crippen molar-refractivity contribution in [3.05, 3.63) is 82.4 Å². The van der Waals surface area contributed by atoms with Crippen LogP contribution < -0.4 is 14.4 Å². The molecule has 0 aromatic heterocycles. The number of anilines is 1. The van der Waals surface area contributed by atoms with Crippen molar-refractivity contribution >= 4 is 11.6 Å². The predicted molar refractivity (Wildman–Crippen MR) is 143 cm³/mol. The molecule has 2 atom stereocenters. The maximum absolute atomic E-state index is 14.2. The molecule has 2 heterocycles. The van der Waals surface area contributed by atoms with Gasteiger partial charge >= 0.3 is 0 Å². The van der Waals surface area contributed by atoms with Gasteiger partial charge in [0.2, 0.25) is 5.60 Å². The topological polar surface area (TPSA) is 59.0 Å². The van der Waals surface area contributed by atoms with Crippen molar-refractivity contribution in [2.75, 3.05) is 19.1 Å². The Hall–Kier alpha value is -3.47. The molecule has 1 spiro atoms. The smallest absolute Gasteiger partial charge is 0.276 e. The van der Waals surface area contributed by atoms with Crippen molar-refractivity contribution in [2.45, 2.75) is 63.9 Å². The highest BCUT2D eigenvalue weighted by atomic mass is 16.5. The molecule has 2 aliphatic rings. The number of ether oxygens (including phenoxy) is 2. The summed E-state index contributed by atoms with van der Waals surface area (Å²) in [7, 11) is 3.42. The zero-order valence-electron chi connectivity index (χ0n) is 22.4. The van der Waals surface area contributed by atoms with E-state index < -0.39 is 11.5 Å². The summed E-state index contributed by atoms with van der Waals surface area (Å²) in [5.41, 5.74) is 3.34. The van der Waals surface area contributed by atoms with Crippen molar-refractivity contribution in [1.29, 1.82) is 0 Å². The third-order valence-electron chi connectivity index (χ3n) is 7.58. The van der Waals surface area contributed by atoms with E-state index in [0.29, 0.717) is 17.2 Å². The van der Waals surface area contributed by atoms with E-state index in [1.165, 1.54) is 0 Å². The van der Waals surface area contributed by atoms with E-state index in [1.54, 1.807) is 19.1 Å². The molecule has 188 valence electrons. The minimum atomic E-state index is -1.27. The second-order valence-corrected chi connectivity index (χ2v) is 12.0. The number of hydrogen-bond donors (Lipinski definition) is 1. The molecule has 0 saturated heterocycles. The van der Waals surface area contributed by atoms with Crippen LogP contribution in [0.15, 0.2) is 54.6 Å². The van der Waals surface area contributed by atoms with Crippen LogP contribution >= 0.6 is 0 Å². The summed E-state index contributed by atoms with van der Waals surface area (Å²) in [4.78, 5) is 15.9. The van der Waals surface area contributed by atoms with Gasteiger partial charge in [-0.15, -0.1) is 0 Å². The highest BCUT2D eigenvalue weighted by Crippen LogP contribution is 2.60. The lowest BCUT2D eigenvalue weighted by Gasteiger charge is -2.33. The first-order valence-electron chi connectivity index (χ1n) is 12.4. The fourth-order valence-electron chi connectivity index (χ4n) is 5.73. The highest BCUT2D eigenvalue weighted by Gasteiger charge is 2.62. The van der Waals surface area contributed by atoms with Crippen LogP contribution in [-0.4, -0.2) is 25.2 Å². The molecule has 1 N–H and O–H groups in total. The summed E-state index contributed by atoms with van der Waals surface area (Å²) in [6, 6.07) is 17.7. The molecule has 0 unspecified atom stereocenters. The molecule has 0 fully saturated rings. The van der Waals surface area contributed by atoms with Crippen LogP contribution in [-0.2, 0) is 21.2 Å². The number of likely N-dealkylation sites (N-methyl/N-ethyl adjacent to an activating group) is 1. The fourth-order valence-corrected chi connectivity index (χ4v) is 5.73. The van der Waals surface area contributed by atoms with Crippen LogP contribution in [0.4, 0.5) is 5.69 Å². The number of fused-ring (bicyclic) bond motifs is 3. The van der Waals surface area contributed by atoms with Crippen molar-refractivity contribution in [2.24, 2.45) is 0 Å². The number of aromatic hydroxyl groups is 1. The summed E-state index contributed by atoms with van der Waals surface area (Å²) in [5.74, 6) is 1.17. The van der Waals surface area contributed by atoms with Crippen LogP contribution in [0.3, 0.4) is 0 Å². The molecule has 36 heavy (non-hydrogen) atoms. The third-order valence-corrected chi connectivity index (χ3v) is 7.58. The lowest BCUT2D eigenvalue weighted by Crippen LogP contribution is -2.45. The summed E-state index contributed by atoms with van der Waals surface area (Å²) >= 11 is 0. The largest absolute Gasteiger partial charge is 0.507 e. The maximum Gasteiger partial charge on any atom is 0.276 e. The predicted octanol–water partition coefficient (Wildman–Crippen LogP) is 6.39. The Kier molecular flexibility index (Phi) is 5.23. The Morgan fingerprint density at radius 3 is 2.14 bits per heavy atom. The molecule has 3 aromatic carbocycles. The monoisotopic (exact) mass is 485 g/mol. The van der Waals surface area contributed by atoms with E-state index in [4.69, 9.17) is 9.47 Å². The van der Waals surface area contributed by atoms with Crippen molar-refractivity contribution in [1.82, 2.24) is 0 Å². The molecule has 3 aromatic rings. The van der Waals surface area contributed by atoms with Crippen LogP contribution in [0.1, 0.15) is 75.3 Å². The second-order valence-electron chi connectivity index (χ2n) is 12.0. The standard InChI is InChI=1S/C31H35NO4/c1-29(2,3)22-15-18(16-23(27(22)33)30(4,5)6)26-20-11-9-10-12-25(20)36-31(26)21-17-19(35-8)13-14-24(21)32(7)28(31)34/h9-17,26,33H,1-8H3/t26-,31+/m1/s1. The van der Waals surface area contributed by atoms with Crippen molar-refractivity contribution in [3.63, 3.8) is 0 Å². The lowest BCUT2D eigenvalue weighted by atomic mass is 9.71. The van der Waals surface area contributed by atoms with Crippen LogP contribution in [0, 0.1) is 0 Å². The van der Waals surface area contributed by atoms with E-state index >= 15 is 0 Å². The average molecular weight is 486 g/mol. The third kappa shape index (κ3) is 3.32. The van der Waals surface area contributed by atoms with Gasteiger partial charge in [0.25, 0.3) is 5.91 Å². The molecule has 1 amide bonds. The minimum absolute atomic E-state index is 0.116. The quantitative estimate of drug-likeness (QED) is 0.457. The van der Waals surface area contributed by atoms with Gasteiger partial charge in [-0.25, -0.2) is 0 Å². The molecule has 2 aliphatic heterocycles. The molecule has 0 aliphatic carbocycles. The Bertz CT molecular complexity index is 1340. The van der Waals surface area contributed by atoms with Gasteiger partial charge in [-0.3, -0.25) is 4.79 Å².